The summed E-state index contributed by atoms with van der Waals surface area (Å²) < 4.78 is 8.17. The lowest BCUT2D eigenvalue weighted by molar-refractivity contribution is 0.0641. The van der Waals surface area contributed by atoms with Crippen LogP contribution in [0.25, 0.3) is 5.69 Å². The van der Waals surface area contributed by atoms with Crippen LogP contribution >= 0.6 is 11.6 Å². The van der Waals surface area contributed by atoms with E-state index in [1.54, 1.807) is 4.68 Å². The first kappa shape index (κ1) is 18.1. The maximum atomic E-state index is 6.43. The van der Waals surface area contributed by atoms with E-state index in [2.05, 4.69) is 58.8 Å². The predicted octanol–water partition coefficient (Wildman–Crippen LogP) is 5.33. The molecule has 0 saturated carbocycles. The van der Waals surface area contributed by atoms with Gasteiger partial charge in [-0.15, -0.1) is 5.10 Å². The second-order valence-corrected chi connectivity index (χ2v) is 7.66. The average Bonchev–Trinajstić information content (AvgIpc) is 3.17. The fourth-order valence-electron chi connectivity index (χ4n) is 3.90. The van der Waals surface area contributed by atoms with Crippen LogP contribution in [0.15, 0.2) is 79.0 Å². The quantitative estimate of drug-likeness (QED) is 0.464. The molecule has 4 aromatic rings. The standard InChI is InChI=1S/C24H20ClN3O/c25-19-11-13-21(14-12-19)28-15-20(26-27-28)16-29-24-22-7-3-1-5-17(22)9-10-18-6-2-4-8-23(18)24/h1-8,11-15,24H,9-10,16H2. The Hall–Kier alpha value is -2.95. The molecule has 0 unspecified atom stereocenters. The topological polar surface area (TPSA) is 39.9 Å². The van der Waals surface area contributed by atoms with Crippen LogP contribution in [-0.2, 0) is 24.2 Å². The van der Waals surface area contributed by atoms with Gasteiger partial charge in [0.1, 0.15) is 11.8 Å². The summed E-state index contributed by atoms with van der Waals surface area (Å²) >= 11 is 5.97. The van der Waals surface area contributed by atoms with Crippen molar-refractivity contribution in [3.63, 3.8) is 0 Å². The Balaban J connectivity index is 1.42. The highest BCUT2D eigenvalue weighted by Crippen LogP contribution is 2.35. The molecule has 29 heavy (non-hydrogen) atoms. The normalized spacial score (nSPS) is 13.6. The molecule has 0 fully saturated rings. The maximum Gasteiger partial charge on any atom is 0.109 e. The molecule has 1 aliphatic rings. The lowest BCUT2D eigenvalue weighted by atomic mass is 9.97. The lowest BCUT2D eigenvalue weighted by Crippen LogP contribution is -2.08. The van der Waals surface area contributed by atoms with Gasteiger partial charge in [0.05, 0.1) is 18.5 Å². The molecule has 5 heteroatoms. The predicted molar refractivity (Wildman–Crippen MR) is 113 cm³/mol. The van der Waals surface area contributed by atoms with E-state index in [0.717, 1.165) is 24.2 Å². The van der Waals surface area contributed by atoms with Gasteiger partial charge in [0.15, 0.2) is 0 Å². The largest absolute Gasteiger partial charge is 0.362 e. The van der Waals surface area contributed by atoms with Gasteiger partial charge in [-0.25, -0.2) is 4.68 Å². The van der Waals surface area contributed by atoms with Crippen LogP contribution in [0, 0.1) is 0 Å². The molecule has 144 valence electrons. The van der Waals surface area contributed by atoms with E-state index < -0.39 is 0 Å². The first-order valence-electron chi connectivity index (χ1n) is 9.72. The van der Waals surface area contributed by atoms with Crippen molar-refractivity contribution in [1.29, 1.82) is 0 Å². The Morgan fingerprint density at radius 1 is 0.862 bits per heavy atom. The van der Waals surface area contributed by atoms with E-state index in [4.69, 9.17) is 16.3 Å². The van der Waals surface area contributed by atoms with E-state index >= 15 is 0 Å². The molecule has 1 aromatic heterocycles. The molecule has 0 saturated heterocycles. The molecule has 0 spiro atoms. The van der Waals surface area contributed by atoms with Crippen LogP contribution in [0.2, 0.25) is 5.02 Å². The van der Waals surface area contributed by atoms with Gasteiger partial charge in [-0.3, -0.25) is 0 Å². The SMILES string of the molecule is Clc1ccc(-n2cc(COC3c4ccccc4CCc4ccccc43)nn2)cc1. The van der Waals surface area contributed by atoms with Crippen LogP contribution in [-0.4, -0.2) is 15.0 Å². The summed E-state index contributed by atoms with van der Waals surface area (Å²) in [6.45, 7) is 0.390. The zero-order valence-electron chi connectivity index (χ0n) is 15.8. The Labute approximate surface area is 174 Å². The third-order valence-corrected chi connectivity index (χ3v) is 5.62. The van der Waals surface area contributed by atoms with Crippen molar-refractivity contribution in [1.82, 2.24) is 15.0 Å². The maximum absolute atomic E-state index is 6.43. The van der Waals surface area contributed by atoms with Gasteiger partial charge in [-0.1, -0.05) is 65.3 Å². The number of hydrogen-bond donors (Lipinski definition) is 0. The molecule has 0 atom stereocenters. The Kier molecular flexibility index (Phi) is 4.88. The van der Waals surface area contributed by atoms with Gasteiger partial charge in [-0.05, 0) is 59.4 Å². The molecule has 4 nitrogen and oxygen atoms in total. The number of halogens is 1. The van der Waals surface area contributed by atoms with E-state index in [1.165, 1.54) is 22.3 Å². The van der Waals surface area contributed by atoms with Crippen molar-refractivity contribution in [3.05, 3.63) is 112 Å². The summed E-state index contributed by atoms with van der Waals surface area (Å²) in [4.78, 5) is 0. The van der Waals surface area contributed by atoms with Crippen molar-refractivity contribution < 1.29 is 4.74 Å². The van der Waals surface area contributed by atoms with Gasteiger partial charge in [0.2, 0.25) is 0 Å². The van der Waals surface area contributed by atoms with Crippen LogP contribution in [0.5, 0.6) is 0 Å². The molecule has 0 aliphatic heterocycles. The van der Waals surface area contributed by atoms with Crippen molar-refractivity contribution in [2.24, 2.45) is 0 Å². The number of rotatable bonds is 4. The third-order valence-electron chi connectivity index (χ3n) is 5.37. The van der Waals surface area contributed by atoms with Gasteiger partial charge in [-0.2, -0.15) is 0 Å². The number of aryl methyl sites for hydroxylation is 2. The van der Waals surface area contributed by atoms with Crippen LogP contribution in [0.1, 0.15) is 34.1 Å². The van der Waals surface area contributed by atoms with E-state index in [-0.39, 0.29) is 6.10 Å². The summed E-state index contributed by atoms with van der Waals surface area (Å²) in [7, 11) is 0. The highest BCUT2D eigenvalue weighted by molar-refractivity contribution is 6.30. The fourth-order valence-corrected chi connectivity index (χ4v) is 4.03. The second kappa shape index (κ2) is 7.82. The van der Waals surface area contributed by atoms with Crippen molar-refractivity contribution in [3.8, 4) is 5.69 Å². The summed E-state index contributed by atoms with van der Waals surface area (Å²) in [5, 5.41) is 9.22. The zero-order chi connectivity index (χ0) is 19.6. The molecule has 5 rings (SSSR count). The summed E-state index contributed by atoms with van der Waals surface area (Å²) in [6, 6.07) is 24.6. The molecular formula is C24H20ClN3O. The zero-order valence-corrected chi connectivity index (χ0v) is 16.6. The Morgan fingerprint density at radius 3 is 2.14 bits per heavy atom. The molecule has 0 amide bonds. The highest BCUT2D eigenvalue weighted by atomic mass is 35.5. The third kappa shape index (κ3) is 3.69. The summed E-state index contributed by atoms with van der Waals surface area (Å²) in [6.07, 6.45) is 3.85. The minimum atomic E-state index is -0.106. The van der Waals surface area contributed by atoms with Gasteiger partial charge in [0.25, 0.3) is 0 Å². The number of fused-ring (bicyclic) bond motifs is 2. The van der Waals surface area contributed by atoms with Crippen molar-refractivity contribution in [2.45, 2.75) is 25.6 Å². The van der Waals surface area contributed by atoms with Crippen molar-refractivity contribution >= 4 is 11.6 Å². The van der Waals surface area contributed by atoms with E-state index in [1.807, 2.05) is 30.5 Å². The average molecular weight is 402 g/mol. The van der Waals surface area contributed by atoms with Crippen LogP contribution < -0.4 is 0 Å². The lowest BCUT2D eigenvalue weighted by Gasteiger charge is -2.20. The number of nitrogens with zero attached hydrogens (tertiary/aromatic N) is 3. The van der Waals surface area contributed by atoms with Gasteiger partial charge < -0.3 is 4.74 Å². The number of ether oxygens (including phenoxy) is 1. The molecular weight excluding hydrogens is 382 g/mol. The van der Waals surface area contributed by atoms with E-state index in [9.17, 15) is 0 Å². The monoisotopic (exact) mass is 401 g/mol. The van der Waals surface area contributed by atoms with Crippen LogP contribution in [0.3, 0.4) is 0 Å². The molecule has 3 aromatic carbocycles. The minimum Gasteiger partial charge on any atom is -0.362 e. The number of benzene rings is 3. The summed E-state index contributed by atoms with van der Waals surface area (Å²) in [5.74, 6) is 0. The van der Waals surface area contributed by atoms with Crippen LogP contribution in [0.4, 0.5) is 0 Å². The second-order valence-electron chi connectivity index (χ2n) is 7.22. The fraction of sp³-hybridized carbons (Fsp3) is 0.167. The first-order chi connectivity index (χ1) is 14.3. The molecule has 1 aliphatic carbocycles. The van der Waals surface area contributed by atoms with E-state index in [0.29, 0.717) is 11.6 Å². The number of hydrogen-bond acceptors (Lipinski definition) is 3. The molecule has 0 N–H and O–H groups in total. The van der Waals surface area contributed by atoms with Crippen molar-refractivity contribution in [2.75, 3.05) is 0 Å². The Bertz CT molecular complexity index is 1090. The first-order valence-corrected chi connectivity index (χ1v) is 10.1. The van der Waals surface area contributed by atoms with Gasteiger partial charge in [0, 0.05) is 5.02 Å². The van der Waals surface area contributed by atoms with Gasteiger partial charge >= 0.3 is 0 Å². The molecule has 0 bridgehead atoms. The Morgan fingerprint density at radius 2 is 1.48 bits per heavy atom. The molecule has 1 heterocycles. The minimum absolute atomic E-state index is 0.106. The smallest absolute Gasteiger partial charge is 0.109 e. The summed E-state index contributed by atoms with van der Waals surface area (Å²) in [5.41, 5.74) is 6.87. The number of aromatic nitrogens is 3. The highest BCUT2D eigenvalue weighted by Gasteiger charge is 2.24. The molecule has 0 radical (unpaired) electrons.